The van der Waals surface area contributed by atoms with Crippen molar-refractivity contribution in [2.24, 2.45) is 23.2 Å². The van der Waals surface area contributed by atoms with Crippen LogP contribution in [0.15, 0.2) is 0 Å². The fraction of sp³-hybridized carbons (Fsp3) is 1.00. The van der Waals surface area contributed by atoms with Crippen LogP contribution in [0.5, 0.6) is 0 Å². The first-order chi connectivity index (χ1) is 8.63. The van der Waals surface area contributed by atoms with Gasteiger partial charge < -0.3 is 14.3 Å². The van der Waals surface area contributed by atoms with E-state index in [0.29, 0.717) is 30.0 Å². The Labute approximate surface area is 118 Å². The molecule has 2 bridgehead atoms. The first-order valence-corrected chi connectivity index (χ1v) is 7.73. The van der Waals surface area contributed by atoms with E-state index in [1.807, 2.05) is 0 Å². The third-order valence-electron chi connectivity index (χ3n) is 5.49. The highest BCUT2D eigenvalue weighted by Gasteiger charge is 2.57. The van der Waals surface area contributed by atoms with Crippen LogP contribution in [0.4, 0.5) is 0 Å². The highest BCUT2D eigenvalue weighted by Crippen LogP contribution is 2.60. The lowest BCUT2D eigenvalue weighted by atomic mass is 9.80. The summed E-state index contributed by atoms with van der Waals surface area (Å²) in [6, 6.07) is 0. The van der Waals surface area contributed by atoms with E-state index < -0.39 is 0 Å². The number of ether oxygens (including phenoxy) is 1. The zero-order valence-corrected chi connectivity index (χ0v) is 13.5. The van der Waals surface area contributed by atoms with Gasteiger partial charge in [0.1, 0.15) is 12.6 Å². The maximum atomic E-state index is 10.1. The Morgan fingerprint density at radius 1 is 1.21 bits per heavy atom. The van der Waals surface area contributed by atoms with Gasteiger partial charge in [0.25, 0.3) is 0 Å². The van der Waals surface area contributed by atoms with Crippen molar-refractivity contribution in [1.82, 2.24) is 0 Å². The molecule has 3 nitrogen and oxygen atoms in total. The van der Waals surface area contributed by atoms with Gasteiger partial charge in [-0.2, -0.15) is 0 Å². The second-order valence-electron chi connectivity index (χ2n) is 8.40. The van der Waals surface area contributed by atoms with Crippen LogP contribution in [-0.2, 0) is 4.74 Å². The number of aliphatic hydroxyl groups is 1. The molecule has 0 aliphatic heterocycles. The van der Waals surface area contributed by atoms with Crippen LogP contribution in [0.2, 0.25) is 0 Å². The molecule has 2 fully saturated rings. The zero-order valence-electron chi connectivity index (χ0n) is 13.5. The van der Waals surface area contributed by atoms with Gasteiger partial charge in [-0.25, -0.2) is 0 Å². The summed E-state index contributed by atoms with van der Waals surface area (Å²) >= 11 is 0. The monoisotopic (exact) mass is 270 g/mol. The Kier molecular flexibility index (Phi) is 4.03. The molecule has 0 aromatic rings. The minimum absolute atomic E-state index is 0.352. The summed E-state index contributed by atoms with van der Waals surface area (Å²) in [7, 11) is 6.31. The number of likely N-dealkylation sites (N-methyl/N-ethyl adjacent to an activating group) is 1. The van der Waals surface area contributed by atoms with Crippen LogP contribution in [0.25, 0.3) is 0 Å². The summed E-state index contributed by atoms with van der Waals surface area (Å²) < 4.78 is 6.91. The van der Waals surface area contributed by atoms with Crippen LogP contribution in [0.3, 0.4) is 0 Å². The molecule has 0 aromatic heterocycles. The van der Waals surface area contributed by atoms with E-state index >= 15 is 0 Å². The lowest BCUT2D eigenvalue weighted by Gasteiger charge is -2.31. The van der Waals surface area contributed by atoms with E-state index in [4.69, 9.17) is 4.74 Å². The van der Waals surface area contributed by atoms with E-state index in [9.17, 15) is 5.11 Å². The number of hydrogen-bond donors (Lipinski definition) is 1. The molecule has 0 saturated heterocycles. The Morgan fingerprint density at radius 3 is 2.26 bits per heavy atom. The van der Waals surface area contributed by atoms with E-state index in [1.54, 1.807) is 0 Å². The molecule has 2 aliphatic rings. The van der Waals surface area contributed by atoms with Crippen molar-refractivity contribution in [3.05, 3.63) is 0 Å². The highest BCUT2D eigenvalue weighted by atomic mass is 16.5. The minimum Gasteiger partial charge on any atom is -0.385 e. The summed E-state index contributed by atoms with van der Waals surface area (Å²) in [4.78, 5) is 0. The fourth-order valence-corrected chi connectivity index (χ4v) is 4.68. The summed E-state index contributed by atoms with van der Waals surface area (Å²) in [6.07, 6.45) is 2.67. The lowest BCUT2D eigenvalue weighted by Crippen LogP contribution is -2.44. The predicted octanol–water partition coefficient (Wildman–Crippen LogP) is 2.14. The highest BCUT2D eigenvalue weighted by molar-refractivity contribution is 5.06. The molecule has 112 valence electrons. The van der Waals surface area contributed by atoms with Crippen LogP contribution >= 0.6 is 0 Å². The first kappa shape index (κ1) is 15.3. The fourth-order valence-electron chi connectivity index (χ4n) is 4.68. The van der Waals surface area contributed by atoms with E-state index in [-0.39, 0.29) is 6.10 Å². The topological polar surface area (TPSA) is 29.5 Å². The molecule has 2 rings (SSSR count). The molecular weight excluding hydrogens is 238 g/mol. The van der Waals surface area contributed by atoms with Crippen LogP contribution < -0.4 is 0 Å². The van der Waals surface area contributed by atoms with Crippen molar-refractivity contribution >= 4 is 0 Å². The Hall–Kier alpha value is -0.120. The molecule has 5 atom stereocenters. The van der Waals surface area contributed by atoms with Crippen molar-refractivity contribution in [3.8, 4) is 0 Å². The van der Waals surface area contributed by atoms with Crippen molar-refractivity contribution in [1.29, 1.82) is 0 Å². The van der Waals surface area contributed by atoms with Crippen molar-refractivity contribution in [2.45, 2.75) is 45.8 Å². The third-order valence-corrected chi connectivity index (χ3v) is 5.49. The molecular formula is C16H32NO2+. The first-order valence-electron chi connectivity index (χ1n) is 7.73. The molecule has 0 spiro atoms. The van der Waals surface area contributed by atoms with E-state index in [0.717, 1.165) is 16.9 Å². The zero-order chi connectivity index (χ0) is 14.4. The van der Waals surface area contributed by atoms with Crippen molar-refractivity contribution < 1.29 is 14.3 Å². The third kappa shape index (κ3) is 2.98. The number of aliphatic hydroxyl groups excluding tert-OH is 1. The summed E-state index contributed by atoms with van der Waals surface area (Å²) in [6.45, 7) is 8.38. The molecule has 0 radical (unpaired) electrons. The maximum absolute atomic E-state index is 10.1. The van der Waals surface area contributed by atoms with Gasteiger partial charge in [0.15, 0.2) is 0 Å². The molecule has 0 amide bonds. The Bertz CT molecular complexity index is 321. The molecule has 1 N–H and O–H groups in total. The largest absolute Gasteiger partial charge is 0.385 e. The van der Waals surface area contributed by atoms with Gasteiger partial charge >= 0.3 is 0 Å². The molecule has 19 heavy (non-hydrogen) atoms. The quantitative estimate of drug-likeness (QED) is 0.776. The second kappa shape index (κ2) is 5.01. The van der Waals surface area contributed by atoms with Gasteiger partial charge in [-0.3, -0.25) is 0 Å². The number of hydrogen-bond acceptors (Lipinski definition) is 2. The molecule has 0 heterocycles. The van der Waals surface area contributed by atoms with Crippen LogP contribution in [0, 0.1) is 23.2 Å². The van der Waals surface area contributed by atoms with E-state index in [1.165, 1.54) is 12.8 Å². The smallest absolute Gasteiger partial charge is 0.126 e. The molecule has 3 heteroatoms. The molecule has 2 saturated carbocycles. The summed E-state index contributed by atoms with van der Waals surface area (Å²) in [5.74, 6) is 2.13. The normalized spacial score (nSPS) is 38.7. The average molecular weight is 270 g/mol. The van der Waals surface area contributed by atoms with E-state index in [2.05, 4.69) is 41.9 Å². The number of quaternary nitrogens is 1. The van der Waals surface area contributed by atoms with Crippen molar-refractivity contribution in [3.63, 3.8) is 0 Å². The van der Waals surface area contributed by atoms with Gasteiger partial charge in [-0.1, -0.05) is 20.8 Å². The molecule has 0 aromatic carbocycles. The van der Waals surface area contributed by atoms with Gasteiger partial charge in [-0.15, -0.1) is 0 Å². The lowest BCUT2D eigenvalue weighted by molar-refractivity contribution is -0.873. The minimum atomic E-state index is -0.352. The Morgan fingerprint density at radius 2 is 1.79 bits per heavy atom. The van der Waals surface area contributed by atoms with Crippen molar-refractivity contribution in [2.75, 3.05) is 34.3 Å². The standard InChI is InChI=1S/C16H32NO2/c1-11-13-7-8-14(16(13,2)3)15(11)19-10-12(18)9-17(4,5)6/h11-15,18H,7-10H2,1-6H3/q+1/t11-,12+,13-,14+,15-/m1/s1. The second-order valence-corrected chi connectivity index (χ2v) is 8.40. The molecule has 0 unspecified atom stereocenters. The van der Waals surface area contributed by atoms with Gasteiger partial charge in [0.05, 0.1) is 33.9 Å². The summed E-state index contributed by atoms with van der Waals surface area (Å²) in [5.41, 5.74) is 0.426. The van der Waals surface area contributed by atoms with Gasteiger partial charge in [-0.05, 0) is 36.0 Å². The summed E-state index contributed by atoms with van der Waals surface area (Å²) in [5, 5.41) is 10.1. The average Bonchev–Trinajstić information content (AvgIpc) is 2.60. The number of rotatable bonds is 5. The Balaban J connectivity index is 1.88. The SMILES string of the molecule is C[C@H]1[C@@H](OC[C@@H](O)C[N+](C)(C)C)[C@@H]2CC[C@H]1C2(C)C. The molecule has 2 aliphatic carbocycles. The predicted molar refractivity (Wildman–Crippen MR) is 77.8 cm³/mol. The van der Waals surface area contributed by atoms with Crippen LogP contribution in [-0.4, -0.2) is 56.1 Å². The van der Waals surface area contributed by atoms with Gasteiger partial charge in [0, 0.05) is 0 Å². The number of fused-ring (bicyclic) bond motifs is 2. The van der Waals surface area contributed by atoms with Gasteiger partial charge in [0.2, 0.25) is 0 Å². The number of nitrogens with zero attached hydrogens (tertiary/aromatic N) is 1. The maximum Gasteiger partial charge on any atom is 0.126 e. The van der Waals surface area contributed by atoms with Crippen LogP contribution in [0.1, 0.15) is 33.6 Å².